The summed E-state index contributed by atoms with van der Waals surface area (Å²) in [6, 6.07) is 3.03. The molecule has 0 fully saturated rings. The number of nitrogens with one attached hydrogen (secondary N) is 3. The van der Waals surface area contributed by atoms with Gasteiger partial charge < -0.3 is 15.6 Å². The highest BCUT2D eigenvalue weighted by atomic mass is 35.5. The monoisotopic (exact) mass is 305 g/mol. The van der Waals surface area contributed by atoms with E-state index in [4.69, 9.17) is 11.6 Å². The lowest BCUT2D eigenvalue weighted by Crippen LogP contribution is -2.26. The van der Waals surface area contributed by atoms with Gasteiger partial charge in [0, 0.05) is 41.0 Å². The molecule has 6 heteroatoms. The van der Waals surface area contributed by atoms with Gasteiger partial charge in [0.15, 0.2) is 0 Å². The maximum absolute atomic E-state index is 14.0. The molecule has 108 valence electrons. The molecule has 2 aromatic rings. The van der Waals surface area contributed by atoms with Gasteiger partial charge in [-0.25, -0.2) is 4.39 Å². The molecule has 0 radical (unpaired) electrons. The van der Waals surface area contributed by atoms with Gasteiger partial charge in [0.2, 0.25) is 5.91 Å². The van der Waals surface area contributed by atoms with Gasteiger partial charge in [0.1, 0.15) is 5.82 Å². The first-order valence-electron chi connectivity index (χ1n) is 6.48. The van der Waals surface area contributed by atoms with Gasteiger partial charge in [-0.15, -0.1) is 0 Å². The minimum absolute atomic E-state index is 0.114. The van der Waals surface area contributed by atoms with Crippen molar-refractivity contribution in [1.82, 2.24) is 15.6 Å². The zero-order valence-electron chi connectivity index (χ0n) is 11.0. The molecule has 0 spiro atoms. The van der Waals surface area contributed by atoms with E-state index < -0.39 is 0 Å². The zero-order valence-corrected chi connectivity index (χ0v) is 11.8. The maximum atomic E-state index is 14.0. The molecule has 0 unspecified atom stereocenters. The van der Waals surface area contributed by atoms with E-state index in [9.17, 15) is 9.18 Å². The number of benzene rings is 1. The van der Waals surface area contributed by atoms with Crippen LogP contribution in [0.5, 0.6) is 0 Å². The fraction of sp³-hybridized carbons (Fsp3) is 0.133. The summed E-state index contributed by atoms with van der Waals surface area (Å²) >= 11 is 6.02. The van der Waals surface area contributed by atoms with Crippen LogP contribution in [0.15, 0.2) is 42.4 Å². The summed E-state index contributed by atoms with van der Waals surface area (Å²) in [5.74, 6) is -0.594. The number of aromatic amines is 1. The van der Waals surface area contributed by atoms with E-state index >= 15 is 0 Å². The number of aromatic nitrogens is 1. The number of rotatable bonds is 3. The molecule has 4 nitrogen and oxygen atoms in total. The average molecular weight is 306 g/mol. The Hall–Kier alpha value is -2.27. The second-order valence-corrected chi connectivity index (χ2v) is 5.16. The Bertz CT molecular complexity index is 764. The largest absolute Gasteiger partial charge is 0.367 e. The molecule has 1 aliphatic rings. The summed E-state index contributed by atoms with van der Waals surface area (Å²) in [7, 11) is 0. The fourth-order valence-corrected chi connectivity index (χ4v) is 2.41. The summed E-state index contributed by atoms with van der Waals surface area (Å²) in [6.07, 6.45) is 7.42. The number of hydrogen-bond donors (Lipinski definition) is 3. The van der Waals surface area contributed by atoms with E-state index in [1.165, 1.54) is 6.07 Å². The molecule has 2 heterocycles. The lowest BCUT2D eigenvalue weighted by molar-refractivity contribution is -0.117. The van der Waals surface area contributed by atoms with Crippen LogP contribution in [-0.4, -0.2) is 10.9 Å². The number of carbonyl (C=O) groups excluding carboxylic acids is 1. The first-order valence-corrected chi connectivity index (χ1v) is 6.86. The second kappa shape index (κ2) is 5.61. The van der Waals surface area contributed by atoms with Gasteiger partial charge in [0.05, 0.1) is 5.02 Å². The maximum Gasteiger partial charge on any atom is 0.249 e. The van der Waals surface area contributed by atoms with Crippen molar-refractivity contribution in [2.75, 3.05) is 0 Å². The van der Waals surface area contributed by atoms with Crippen molar-refractivity contribution in [2.45, 2.75) is 13.0 Å². The molecule has 0 atom stereocenters. The highest BCUT2D eigenvalue weighted by molar-refractivity contribution is 6.35. The van der Waals surface area contributed by atoms with E-state index in [2.05, 4.69) is 15.6 Å². The van der Waals surface area contributed by atoms with E-state index in [1.807, 2.05) is 6.08 Å². The number of amides is 1. The summed E-state index contributed by atoms with van der Waals surface area (Å²) in [5, 5.41) is 6.84. The van der Waals surface area contributed by atoms with Crippen LogP contribution in [0.2, 0.25) is 5.02 Å². The summed E-state index contributed by atoms with van der Waals surface area (Å²) in [4.78, 5) is 14.8. The molecule has 0 bridgehead atoms. The van der Waals surface area contributed by atoms with Crippen LogP contribution in [0.4, 0.5) is 4.39 Å². The molecule has 3 rings (SSSR count). The molecule has 21 heavy (non-hydrogen) atoms. The highest BCUT2D eigenvalue weighted by Gasteiger charge is 2.12. The van der Waals surface area contributed by atoms with Crippen LogP contribution < -0.4 is 10.6 Å². The smallest absolute Gasteiger partial charge is 0.249 e. The third kappa shape index (κ3) is 2.78. The van der Waals surface area contributed by atoms with Gasteiger partial charge in [0.25, 0.3) is 0 Å². The molecule has 1 aliphatic heterocycles. The van der Waals surface area contributed by atoms with Gasteiger partial charge in [-0.3, -0.25) is 4.79 Å². The van der Waals surface area contributed by atoms with Crippen LogP contribution in [0.3, 0.4) is 0 Å². The highest BCUT2D eigenvalue weighted by Crippen LogP contribution is 2.25. The average Bonchev–Trinajstić information content (AvgIpc) is 2.86. The van der Waals surface area contributed by atoms with Gasteiger partial charge in [-0.2, -0.15) is 0 Å². The number of dihydropyridines is 1. The minimum atomic E-state index is -0.378. The van der Waals surface area contributed by atoms with Gasteiger partial charge in [-0.05, 0) is 24.8 Å². The van der Waals surface area contributed by atoms with Crippen LogP contribution in [0.25, 0.3) is 10.9 Å². The number of H-pyrrole nitrogens is 1. The third-order valence-corrected chi connectivity index (χ3v) is 3.65. The topological polar surface area (TPSA) is 56.9 Å². The van der Waals surface area contributed by atoms with Crippen LogP contribution >= 0.6 is 11.6 Å². The Kier molecular flexibility index (Phi) is 3.66. The Morgan fingerprint density at radius 1 is 1.43 bits per heavy atom. The van der Waals surface area contributed by atoms with E-state index in [1.54, 1.807) is 24.7 Å². The number of halogens is 2. The lowest BCUT2D eigenvalue weighted by atomic mass is 10.1. The second-order valence-electron chi connectivity index (χ2n) is 4.75. The summed E-state index contributed by atoms with van der Waals surface area (Å²) in [5.41, 5.74) is 1.65. The molecule has 0 saturated carbocycles. The molecule has 1 aromatic heterocycles. The molecule has 3 N–H and O–H groups in total. The minimum Gasteiger partial charge on any atom is -0.367 e. The SMILES string of the molecule is O=C(NCc1cc2c(Cl)c[nH]c2cc1F)C1=CNC=CC1. The van der Waals surface area contributed by atoms with Gasteiger partial charge >= 0.3 is 0 Å². The number of allylic oxidation sites excluding steroid dienone is 1. The molecule has 0 saturated heterocycles. The normalized spacial score (nSPS) is 13.9. The summed E-state index contributed by atoms with van der Waals surface area (Å²) in [6.45, 7) is 0.114. The van der Waals surface area contributed by atoms with E-state index in [0.29, 0.717) is 28.1 Å². The van der Waals surface area contributed by atoms with Crippen LogP contribution in [0, 0.1) is 5.82 Å². The third-order valence-electron chi connectivity index (χ3n) is 3.34. The fourth-order valence-electron chi connectivity index (χ4n) is 2.20. The van der Waals surface area contributed by atoms with Crippen molar-refractivity contribution in [3.05, 3.63) is 58.8 Å². The predicted molar refractivity (Wildman–Crippen MR) is 80.1 cm³/mol. The van der Waals surface area contributed by atoms with E-state index in [0.717, 1.165) is 5.39 Å². The standard InChI is InChI=1S/C15H13ClFN3O/c16-12-8-19-14-5-13(17)10(4-11(12)14)7-20-15(21)9-2-1-3-18-6-9/h1,3-6,8,18-19H,2,7H2,(H,20,21). The van der Waals surface area contributed by atoms with E-state index in [-0.39, 0.29) is 18.3 Å². The summed E-state index contributed by atoms with van der Waals surface area (Å²) < 4.78 is 14.0. The molecule has 1 aromatic carbocycles. The van der Waals surface area contributed by atoms with Crippen molar-refractivity contribution < 1.29 is 9.18 Å². The van der Waals surface area contributed by atoms with Crippen molar-refractivity contribution in [3.63, 3.8) is 0 Å². The Morgan fingerprint density at radius 3 is 3.05 bits per heavy atom. The quantitative estimate of drug-likeness (QED) is 0.816. The van der Waals surface area contributed by atoms with Crippen molar-refractivity contribution in [1.29, 1.82) is 0 Å². The molecular weight excluding hydrogens is 293 g/mol. The molecule has 1 amide bonds. The Morgan fingerprint density at radius 2 is 2.29 bits per heavy atom. The number of carbonyl (C=O) groups is 1. The Balaban J connectivity index is 1.75. The van der Waals surface area contributed by atoms with Crippen molar-refractivity contribution in [3.8, 4) is 0 Å². The first-order chi connectivity index (χ1) is 10.1. The number of hydrogen-bond acceptors (Lipinski definition) is 2. The molecule has 0 aliphatic carbocycles. The predicted octanol–water partition coefficient (Wildman–Crippen LogP) is 2.97. The van der Waals surface area contributed by atoms with Crippen molar-refractivity contribution >= 4 is 28.4 Å². The zero-order chi connectivity index (χ0) is 14.8. The first kappa shape index (κ1) is 13.7. The van der Waals surface area contributed by atoms with Crippen molar-refractivity contribution in [2.24, 2.45) is 0 Å². The Labute approximate surface area is 125 Å². The number of fused-ring (bicyclic) bond motifs is 1. The van der Waals surface area contributed by atoms with Gasteiger partial charge in [-0.1, -0.05) is 17.7 Å². The van der Waals surface area contributed by atoms with Crippen LogP contribution in [0.1, 0.15) is 12.0 Å². The molecular formula is C15H13ClFN3O. The van der Waals surface area contributed by atoms with Crippen LogP contribution in [-0.2, 0) is 11.3 Å². The lowest BCUT2D eigenvalue weighted by Gasteiger charge is -2.11.